The normalized spacial score (nSPS) is 10.9. The number of ether oxygens (including phenoxy) is 1. The SMILES string of the molecule is OCCc1noc2ccc(OCCc3ccccc3)cc12. The van der Waals surface area contributed by atoms with Crippen molar-refractivity contribution in [2.75, 3.05) is 13.2 Å². The van der Waals surface area contributed by atoms with E-state index < -0.39 is 0 Å². The Balaban J connectivity index is 1.68. The molecule has 4 nitrogen and oxygen atoms in total. The molecule has 0 atom stereocenters. The first-order valence-electron chi connectivity index (χ1n) is 7.03. The Morgan fingerprint density at radius 2 is 1.90 bits per heavy atom. The number of aromatic nitrogens is 1. The van der Waals surface area contributed by atoms with Crippen molar-refractivity contribution >= 4 is 11.0 Å². The zero-order valence-electron chi connectivity index (χ0n) is 11.7. The highest BCUT2D eigenvalue weighted by molar-refractivity contribution is 5.81. The van der Waals surface area contributed by atoms with E-state index in [-0.39, 0.29) is 6.61 Å². The highest BCUT2D eigenvalue weighted by Gasteiger charge is 2.08. The fraction of sp³-hybridized carbons (Fsp3) is 0.235. The van der Waals surface area contributed by atoms with Gasteiger partial charge in [0.1, 0.15) is 5.75 Å². The molecule has 0 unspecified atom stereocenters. The van der Waals surface area contributed by atoms with Gasteiger partial charge in [-0.1, -0.05) is 35.5 Å². The number of hydrogen-bond donors (Lipinski definition) is 1. The van der Waals surface area contributed by atoms with Gasteiger partial charge in [-0.05, 0) is 23.8 Å². The zero-order chi connectivity index (χ0) is 14.5. The second-order valence-electron chi connectivity index (χ2n) is 4.84. The van der Waals surface area contributed by atoms with Crippen molar-refractivity contribution in [2.24, 2.45) is 0 Å². The number of fused-ring (bicyclic) bond motifs is 1. The minimum absolute atomic E-state index is 0.0563. The van der Waals surface area contributed by atoms with Crippen LogP contribution in [0.1, 0.15) is 11.3 Å². The molecule has 21 heavy (non-hydrogen) atoms. The lowest BCUT2D eigenvalue weighted by atomic mass is 10.1. The van der Waals surface area contributed by atoms with Gasteiger partial charge in [-0.15, -0.1) is 0 Å². The van der Waals surface area contributed by atoms with E-state index in [1.807, 2.05) is 36.4 Å². The molecule has 0 amide bonds. The molecule has 0 aliphatic heterocycles. The predicted molar refractivity (Wildman–Crippen MR) is 80.4 cm³/mol. The molecule has 0 fully saturated rings. The highest BCUT2D eigenvalue weighted by Crippen LogP contribution is 2.24. The lowest BCUT2D eigenvalue weighted by Gasteiger charge is -2.06. The van der Waals surface area contributed by atoms with Crippen LogP contribution in [0.5, 0.6) is 5.75 Å². The van der Waals surface area contributed by atoms with Crippen molar-refractivity contribution in [2.45, 2.75) is 12.8 Å². The van der Waals surface area contributed by atoms with Gasteiger partial charge in [-0.3, -0.25) is 0 Å². The fourth-order valence-electron chi connectivity index (χ4n) is 2.28. The van der Waals surface area contributed by atoms with Crippen molar-refractivity contribution in [3.05, 3.63) is 59.8 Å². The second kappa shape index (κ2) is 6.41. The van der Waals surface area contributed by atoms with Crippen LogP contribution in [0.15, 0.2) is 53.1 Å². The molecule has 1 aromatic heterocycles. The number of benzene rings is 2. The maximum absolute atomic E-state index is 9.02. The van der Waals surface area contributed by atoms with Crippen LogP contribution < -0.4 is 4.74 Å². The van der Waals surface area contributed by atoms with Crippen LogP contribution in [-0.2, 0) is 12.8 Å². The smallest absolute Gasteiger partial charge is 0.167 e. The molecule has 0 bridgehead atoms. The van der Waals surface area contributed by atoms with Gasteiger partial charge >= 0.3 is 0 Å². The minimum Gasteiger partial charge on any atom is -0.493 e. The molecule has 1 heterocycles. The summed E-state index contributed by atoms with van der Waals surface area (Å²) in [7, 11) is 0. The maximum atomic E-state index is 9.02. The molecule has 108 valence electrons. The van der Waals surface area contributed by atoms with E-state index in [2.05, 4.69) is 17.3 Å². The molecule has 0 spiro atoms. The van der Waals surface area contributed by atoms with Gasteiger partial charge in [0, 0.05) is 24.8 Å². The molecule has 0 saturated heterocycles. The monoisotopic (exact) mass is 283 g/mol. The van der Waals surface area contributed by atoms with Gasteiger partial charge in [0.25, 0.3) is 0 Å². The fourth-order valence-corrected chi connectivity index (χ4v) is 2.28. The van der Waals surface area contributed by atoms with E-state index in [1.165, 1.54) is 5.56 Å². The number of aliphatic hydroxyl groups is 1. The van der Waals surface area contributed by atoms with Gasteiger partial charge in [0.15, 0.2) is 5.58 Å². The summed E-state index contributed by atoms with van der Waals surface area (Å²) in [5.41, 5.74) is 2.74. The van der Waals surface area contributed by atoms with Gasteiger partial charge in [-0.2, -0.15) is 0 Å². The van der Waals surface area contributed by atoms with Gasteiger partial charge in [-0.25, -0.2) is 0 Å². The first-order chi connectivity index (χ1) is 10.4. The lowest BCUT2D eigenvalue weighted by Crippen LogP contribution is -2.01. The number of aliphatic hydroxyl groups excluding tert-OH is 1. The second-order valence-corrected chi connectivity index (χ2v) is 4.84. The zero-order valence-corrected chi connectivity index (χ0v) is 11.7. The average Bonchev–Trinajstić information content (AvgIpc) is 2.92. The highest BCUT2D eigenvalue weighted by atomic mass is 16.5. The largest absolute Gasteiger partial charge is 0.493 e. The third-order valence-corrected chi connectivity index (χ3v) is 3.37. The Kier molecular flexibility index (Phi) is 4.17. The Morgan fingerprint density at radius 1 is 1.05 bits per heavy atom. The van der Waals surface area contributed by atoms with E-state index in [1.54, 1.807) is 0 Å². The Bertz CT molecular complexity index is 706. The Hall–Kier alpha value is -2.33. The quantitative estimate of drug-likeness (QED) is 0.755. The molecule has 0 saturated carbocycles. The summed E-state index contributed by atoms with van der Waals surface area (Å²) in [4.78, 5) is 0. The third-order valence-electron chi connectivity index (χ3n) is 3.37. The first-order valence-corrected chi connectivity index (χ1v) is 7.03. The molecular weight excluding hydrogens is 266 g/mol. The molecule has 2 aromatic carbocycles. The van der Waals surface area contributed by atoms with Crippen LogP contribution in [0.4, 0.5) is 0 Å². The standard InChI is InChI=1S/C17H17NO3/c19-10-8-16-15-12-14(6-7-17(15)21-18-16)20-11-9-13-4-2-1-3-5-13/h1-7,12,19H,8-11H2. The summed E-state index contributed by atoms with van der Waals surface area (Å²) in [5, 5.41) is 13.9. The molecular formula is C17H17NO3. The van der Waals surface area contributed by atoms with Crippen LogP contribution in [0, 0.1) is 0 Å². The van der Waals surface area contributed by atoms with E-state index in [0.29, 0.717) is 18.6 Å². The summed E-state index contributed by atoms with van der Waals surface area (Å²) >= 11 is 0. The third kappa shape index (κ3) is 3.23. The van der Waals surface area contributed by atoms with Crippen molar-refractivity contribution in [1.82, 2.24) is 5.16 Å². The molecule has 4 heteroatoms. The van der Waals surface area contributed by atoms with Gasteiger partial charge in [0.05, 0.1) is 12.3 Å². The number of rotatable bonds is 6. The van der Waals surface area contributed by atoms with Crippen LogP contribution >= 0.6 is 0 Å². The summed E-state index contributed by atoms with van der Waals surface area (Å²) < 4.78 is 11.0. The molecule has 3 rings (SSSR count). The molecule has 0 radical (unpaired) electrons. The molecule has 3 aromatic rings. The van der Waals surface area contributed by atoms with Crippen LogP contribution in [0.25, 0.3) is 11.0 Å². The van der Waals surface area contributed by atoms with Crippen LogP contribution in [0.2, 0.25) is 0 Å². The predicted octanol–water partition coefficient (Wildman–Crippen LogP) is 2.98. The van der Waals surface area contributed by atoms with Crippen LogP contribution in [-0.4, -0.2) is 23.5 Å². The van der Waals surface area contributed by atoms with Gasteiger partial charge in [0.2, 0.25) is 0 Å². The van der Waals surface area contributed by atoms with E-state index >= 15 is 0 Å². The molecule has 0 aliphatic rings. The number of nitrogens with zero attached hydrogens (tertiary/aromatic N) is 1. The summed E-state index contributed by atoms with van der Waals surface area (Å²) in [6.45, 7) is 0.677. The van der Waals surface area contributed by atoms with E-state index in [9.17, 15) is 0 Å². The maximum Gasteiger partial charge on any atom is 0.167 e. The van der Waals surface area contributed by atoms with Crippen molar-refractivity contribution < 1.29 is 14.4 Å². The van der Waals surface area contributed by atoms with E-state index in [4.69, 9.17) is 14.4 Å². The van der Waals surface area contributed by atoms with Crippen molar-refractivity contribution in [3.8, 4) is 5.75 Å². The van der Waals surface area contributed by atoms with Crippen molar-refractivity contribution in [1.29, 1.82) is 0 Å². The van der Waals surface area contributed by atoms with Gasteiger partial charge < -0.3 is 14.4 Å². The summed E-state index contributed by atoms with van der Waals surface area (Å²) in [5.74, 6) is 0.792. The Labute approximate surface area is 123 Å². The van der Waals surface area contributed by atoms with Crippen LogP contribution in [0.3, 0.4) is 0 Å². The first kappa shape index (κ1) is 13.6. The average molecular weight is 283 g/mol. The summed E-state index contributed by atoms with van der Waals surface area (Å²) in [6.07, 6.45) is 1.35. The Morgan fingerprint density at radius 3 is 2.71 bits per heavy atom. The van der Waals surface area contributed by atoms with E-state index in [0.717, 1.165) is 23.3 Å². The lowest BCUT2D eigenvalue weighted by molar-refractivity contribution is 0.295. The molecule has 0 aliphatic carbocycles. The molecule has 1 N–H and O–H groups in total. The topological polar surface area (TPSA) is 55.5 Å². The summed E-state index contributed by atoms with van der Waals surface area (Å²) in [6, 6.07) is 15.9. The number of hydrogen-bond acceptors (Lipinski definition) is 4. The minimum atomic E-state index is 0.0563. The van der Waals surface area contributed by atoms with Crippen molar-refractivity contribution in [3.63, 3.8) is 0 Å².